The van der Waals surface area contributed by atoms with Gasteiger partial charge in [0.15, 0.2) is 0 Å². The predicted molar refractivity (Wildman–Crippen MR) is 219 cm³/mol. The molecule has 2 heteroatoms. The van der Waals surface area contributed by atoms with Gasteiger partial charge in [0, 0.05) is 42.0 Å². The number of benzene rings is 8. The Bertz CT molecular complexity index is 3140. The number of hydrogen-bond acceptors (Lipinski definition) is 1. The second kappa shape index (κ2) is 9.63. The molecular formula is C49H31NS. The van der Waals surface area contributed by atoms with Gasteiger partial charge >= 0.3 is 0 Å². The van der Waals surface area contributed by atoms with Crippen LogP contribution in [-0.4, -0.2) is 4.57 Å². The molecule has 0 bridgehead atoms. The third kappa shape index (κ3) is 3.41. The zero-order valence-corrected chi connectivity index (χ0v) is 29.1. The van der Waals surface area contributed by atoms with E-state index in [1.54, 1.807) is 0 Å². The van der Waals surface area contributed by atoms with Crippen molar-refractivity contribution in [2.24, 2.45) is 0 Å². The molecule has 12 rings (SSSR count). The minimum Gasteiger partial charge on any atom is -0.309 e. The molecule has 0 N–H and O–H groups in total. The third-order valence-corrected chi connectivity index (χ3v) is 13.1. The molecule has 0 amide bonds. The fourth-order valence-corrected chi connectivity index (χ4v) is 11.2. The Balaban J connectivity index is 1.21. The summed E-state index contributed by atoms with van der Waals surface area (Å²) in [5, 5.41) is 8.05. The quantitative estimate of drug-likeness (QED) is 0.173. The van der Waals surface area contributed by atoms with Crippen molar-refractivity contribution >= 4 is 64.1 Å². The van der Waals surface area contributed by atoms with Crippen LogP contribution in [0.4, 0.5) is 0 Å². The van der Waals surface area contributed by atoms with Crippen LogP contribution >= 0.6 is 11.3 Å². The van der Waals surface area contributed by atoms with E-state index in [0.29, 0.717) is 0 Å². The van der Waals surface area contributed by atoms with E-state index in [4.69, 9.17) is 0 Å². The lowest BCUT2D eigenvalue weighted by atomic mass is 9.81. The molecule has 0 unspecified atom stereocenters. The average molecular weight is 666 g/mol. The molecule has 0 aliphatic heterocycles. The summed E-state index contributed by atoms with van der Waals surface area (Å²) in [5.41, 5.74) is 17.1. The van der Waals surface area contributed by atoms with Crippen molar-refractivity contribution in [3.05, 3.63) is 163 Å². The SMILES string of the molecule is CC1(C)c2ccccc2-c2c1c1sc3ccccc3c1c1c2c2ccccc2n1-c1cccc(-c2ccc3c4c(cccc24)-c2ccccc2-3)c1. The van der Waals surface area contributed by atoms with Crippen molar-refractivity contribution in [3.8, 4) is 50.2 Å². The van der Waals surface area contributed by atoms with Gasteiger partial charge in [0.05, 0.1) is 11.0 Å². The highest BCUT2D eigenvalue weighted by molar-refractivity contribution is 7.26. The van der Waals surface area contributed by atoms with Crippen LogP contribution in [0.1, 0.15) is 25.0 Å². The molecule has 1 nitrogen and oxygen atoms in total. The number of hydrogen-bond donors (Lipinski definition) is 0. The van der Waals surface area contributed by atoms with E-state index >= 15 is 0 Å². The van der Waals surface area contributed by atoms with Gasteiger partial charge in [-0.25, -0.2) is 0 Å². The summed E-state index contributed by atoms with van der Waals surface area (Å²) in [5.74, 6) is 0. The first-order chi connectivity index (χ1) is 25.1. The van der Waals surface area contributed by atoms with E-state index in [9.17, 15) is 0 Å². The van der Waals surface area contributed by atoms with Gasteiger partial charge in [0.25, 0.3) is 0 Å². The normalized spacial score (nSPS) is 13.8. The third-order valence-electron chi connectivity index (χ3n) is 11.9. The summed E-state index contributed by atoms with van der Waals surface area (Å²) in [6.45, 7) is 4.85. The van der Waals surface area contributed by atoms with Crippen LogP contribution in [0.15, 0.2) is 152 Å². The zero-order chi connectivity index (χ0) is 33.6. The van der Waals surface area contributed by atoms with E-state index in [-0.39, 0.29) is 5.41 Å². The van der Waals surface area contributed by atoms with E-state index in [2.05, 4.69) is 170 Å². The predicted octanol–water partition coefficient (Wildman–Crippen LogP) is 13.9. The van der Waals surface area contributed by atoms with Crippen molar-refractivity contribution in [3.63, 3.8) is 0 Å². The van der Waals surface area contributed by atoms with Crippen LogP contribution in [0.5, 0.6) is 0 Å². The Morgan fingerprint density at radius 2 is 1.14 bits per heavy atom. The van der Waals surface area contributed by atoms with Crippen LogP contribution < -0.4 is 0 Å². The second-order valence-electron chi connectivity index (χ2n) is 14.8. The smallest absolute Gasteiger partial charge is 0.0640 e. The molecule has 8 aromatic carbocycles. The van der Waals surface area contributed by atoms with Gasteiger partial charge in [-0.2, -0.15) is 0 Å². The molecule has 51 heavy (non-hydrogen) atoms. The first kappa shape index (κ1) is 27.8. The largest absolute Gasteiger partial charge is 0.309 e. The molecule has 0 saturated carbocycles. The minimum atomic E-state index is -0.113. The van der Waals surface area contributed by atoms with Crippen molar-refractivity contribution < 1.29 is 0 Å². The summed E-state index contributed by atoms with van der Waals surface area (Å²) in [4.78, 5) is 0. The number of thiophene rings is 1. The van der Waals surface area contributed by atoms with Gasteiger partial charge in [0.2, 0.25) is 0 Å². The van der Waals surface area contributed by atoms with E-state index in [1.807, 2.05) is 11.3 Å². The molecule has 0 atom stereocenters. The molecule has 0 saturated heterocycles. The molecule has 0 radical (unpaired) electrons. The molecule has 2 aliphatic rings. The Morgan fingerprint density at radius 3 is 2.00 bits per heavy atom. The number of aromatic nitrogens is 1. The van der Waals surface area contributed by atoms with Gasteiger partial charge in [-0.1, -0.05) is 141 Å². The molecule has 0 spiro atoms. The monoisotopic (exact) mass is 665 g/mol. The van der Waals surface area contributed by atoms with E-state index < -0.39 is 0 Å². The van der Waals surface area contributed by atoms with Gasteiger partial charge in [-0.05, 0) is 90.7 Å². The average Bonchev–Trinajstić information content (AvgIpc) is 3.88. The Hall–Kier alpha value is -5.96. The van der Waals surface area contributed by atoms with Crippen LogP contribution in [-0.2, 0) is 5.41 Å². The summed E-state index contributed by atoms with van der Waals surface area (Å²) in [6.07, 6.45) is 0. The summed E-state index contributed by atoms with van der Waals surface area (Å²) in [6, 6.07) is 56.8. The Morgan fingerprint density at radius 1 is 0.490 bits per heavy atom. The standard InChI is InChI=1S/C49H31NS/c1-49(2)39-22-8-5-17-36(39)43-44-37-18-6-9-23-40(37)50(47(44)45-38-19-7-10-24-41(38)51-48(45)46(43)49)29-14-11-13-28(27-29)30-25-26-35-32-16-4-3-15-31(32)34-21-12-20-33(30)42(34)35/h3-27H,1-2H3. The van der Waals surface area contributed by atoms with Crippen molar-refractivity contribution in [2.45, 2.75) is 19.3 Å². The van der Waals surface area contributed by atoms with Crippen molar-refractivity contribution in [2.75, 3.05) is 0 Å². The number of nitrogens with zero attached hydrogens (tertiary/aromatic N) is 1. The van der Waals surface area contributed by atoms with Crippen LogP contribution in [0.25, 0.3) is 103 Å². The first-order valence-electron chi connectivity index (χ1n) is 17.9. The summed E-state index contributed by atoms with van der Waals surface area (Å²) < 4.78 is 5.32. The lowest BCUT2D eigenvalue weighted by molar-refractivity contribution is 0.667. The molecule has 0 fully saturated rings. The highest BCUT2D eigenvalue weighted by atomic mass is 32.1. The summed E-state index contributed by atoms with van der Waals surface area (Å²) >= 11 is 1.96. The minimum absolute atomic E-state index is 0.113. The lowest BCUT2D eigenvalue weighted by Gasteiger charge is -2.22. The van der Waals surface area contributed by atoms with Crippen LogP contribution in [0.2, 0.25) is 0 Å². The molecule has 2 heterocycles. The lowest BCUT2D eigenvalue weighted by Crippen LogP contribution is -2.15. The number of rotatable bonds is 2. The fourth-order valence-electron chi connectivity index (χ4n) is 9.81. The Labute approximate surface area is 299 Å². The first-order valence-corrected chi connectivity index (χ1v) is 18.7. The molecule has 2 aromatic heterocycles. The van der Waals surface area contributed by atoms with E-state index in [1.165, 1.54) is 114 Å². The zero-order valence-electron chi connectivity index (χ0n) is 28.3. The van der Waals surface area contributed by atoms with Gasteiger partial charge in [-0.3, -0.25) is 0 Å². The fraction of sp³-hybridized carbons (Fsp3) is 0.0612. The number of para-hydroxylation sites is 1. The van der Waals surface area contributed by atoms with Gasteiger partial charge in [-0.15, -0.1) is 11.3 Å². The maximum Gasteiger partial charge on any atom is 0.0640 e. The second-order valence-corrected chi connectivity index (χ2v) is 15.8. The molecular weight excluding hydrogens is 635 g/mol. The topological polar surface area (TPSA) is 4.93 Å². The maximum absolute atomic E-state index is 2.57. The van der Waals surface area contributed by atoms with Crippen molar-refractivity contribution in [1.29, 1.82) is 0 Å². The van der Waals surface area contributed by atoms with E-state index in [0.717, 1.165) is 0 Å². The van der Waals surface area contributed by atoms with Crippen LogP contribution in [0.3, 0.4) is 0 Å². The van der Waals surface area contributed by atoms with Crippen molar-refractivity contribution in [1.82, 2.24) is 4.57 Å². The Kier molecular flexibility index (Phi) is 5.25. The maximum atomic E-state index is 2.57. The highest BCUT2D eigenvalue weighted by Gasteiger charge is 2.40. The van der Waals surface area contributed by atoms with Gasteiger partial charge in [0.1, 0.15) is 0 Å². The number of fused-ring (bicyclic) bond motifs is 15. The van der Waals surface area contributed by atoms with Gasteiger partial charge < -0.3 is 4.57 Å². The highest BCUT2D eigenvalue weighted by Crippen LogP contribution is 2.59. The molecule has 10 aromatic rings. The van der Waals surface area contributed by atoms with Crippen LogP contribution in [0, 0.1) is 0 Å². The molecule has 2 aliphatic carbocycles. The molecule has 238 valence electrons. The summed E-state index contributed by atoms with van der Waals surface area (Å²) in [7, 11) is 0.